The van der Waals surface area contributed by atoms with Gasteiger partial charge in [-0.15, -0.1) is 0 Å². The van der Waals surface area contributed by atoms with Crippen LogP contribution in [-0.2, 0) is 23.8 Å². The molecule has 3 aliphatic rings. The fourth-order valence-corrected chi connectivity index (χ4v) is 6.23. The quantitative estimate of drug-likeness (QED) is 0.224. The van der Waals surface area contributed by atoms with E-state index >= 15 is 0 Å². The molecule has 252 valence electrons. The predicted molar refractivity (Wildman–Crippen MR) is 174 cm³/mol. The molecule has 1 fully saturated rings. The highest BCUT2D eigenvalue weighted by atomic mass is 16.7. The van der Waals surface area contributed by atoms with E-state index in [1.165, 1.54) is 0 Å². The maximum absolute atomic E-state index is 13.5. The molecule has 2 bridgehead atoms. The van der Waals surface area contributed by atoms with Crippen molar-refractivity contribution in [2.45, 2.75) is 63.8 Å². The Morgan fingerprint density at radius 3 is 1.66 bits per heavy atom. The van der Waals surface area contributed by atoms with Gasteiger partial charge in [0.15, 0.2) is 0 Å². The number of hydrogen-bond donors (Lipinski definition) is 0. The van der Waals surface area contributed by atoms with Crippen molar-refractivity contribution in [1.82, 2.24) is 5.06 Å². The third-order valence-corrected chi connectivity index (χ3v) is 8.15. The summed E-state index contributed by atoms with van der Waals surface area (Å²) in [5.41, 5.74) is 0.442. The van der Waals surface area contributed by atoms with Crippen molar-refractivity contribution in [2.75, 3.05) is 46.2 Å². The molecule has 3 heterocycles. The molecule has 3 aliphatic heterocycles. The molecule has 3 aromatic carbocycles. The smallest absolute Gasteiger partial charge is 0.342 e. The zero-order chi connectivity index (χ0) is 33.3. The summed E-state index contributed by atoms with van der Waals surface area (Å²) in [5.74, 6) is -0.101. The Morgan fingerprint density at radius 1 is 0.596 bits per heavy atom. The minimum atomic E-state index is -0.597. The number of hydrogen-bond acceptors (Lipinski definition) is 10. The predicted octanol–water partition coefficient (Wildman–Crippen LogP) is 6.20. The monoisotopic (exact) mass is 647 g/mol. The lowest BCUT2D eigenvalue weighted by Gasteiger charge is -2.54. The topological polar surface area (TPSA) is 102 Å². The summed E-state index contributed by atoms with van der Waals surface area (Å²) in [7, 11) is 0. The first kappa shape index (κ1) is 34.4. The third kappa shape index (κ3) is 9.10. The average Bonchev–Trinajstić information content (AvgIpc) is 3.04. The Hall–Kier alpha value is -3.96. The Bertz CT molecular complexity index is 1460. The number of nitrogens with zero attached hydrogens (tertiary/aromatic N) is 1. The van der Waals surface area contributed by atoms with Gasteiger partial charge in [0.1, 0.15) is 54.7 Å². The van der Waals surface area contributed by atoms with Crippen LogP contribution in [0.15, 0.2) is 78.9 Å². The highest BCUT2D eigenvalue weighted by Gasteiger charge is 2.49. The van der Waals surface area contributed by atoms with Gasteiger partial charge in [-0.3, -0.25) is 4.84 Å². The summed E-state index contributed by atoms with van der Waals surface area (Å²) < 4.78 is 35.1. The molecule has 47 heavy (non-hydrogen) atoms. The molecule has 10 nitrogen and oxygen atoms in total. The van der Waals surface area contributed by atoms with Crippen molar-refractivity contribution in [3.8, 4) is 11.5 Å². The van der Waals surface area contributed by atoms with E-state index in [1.54, 1.807) is 42.5 Å². The van der Waals surface area contributed by atoms with E-state index in [4.69, 9.17) is 33.3 Å². The highest BCUT2D eigenvalue weighted by molar-refractivity contribution is 5.93. The standard InChI is InChI=1S/C37H45NO9/c1-36(2)24-28-25-37(3,4)38(36)47-33(27-12-6-5-7-13-27)26-45-34(39)29-14-8-10-16-31(29)43-22-20-41-18-19-42-21-23-44-32-17-11-9-15-30(32)35(40)46-28/h5-17,28,33H,18-26H2,1-4H3. The first-order chi connectivity index (χ1) is 22.6. The molecule has 0 radical (unpaired) electrons. The van der Waals surface area contributed by atoms with Crippen LogP contribution in [0, 0.1) is 0 Å². The van der Waals surface area contributed by atoms with Crippen molar-refractivity contribution in [1.29, 1.82) is 0 Å². The van der Waals surface area contributed by atoms with Gasteiger partial charge in [0, 0.05) is 23.9 Å². The van der Waals surface area contributed by atoms with Crippen LogP contribution in [-0.4, -0.2) is 80.4 Å². The van der Waals surface area contributed by atoms with Crippen molar-refractivity contribution >= 4 is 11.9 Å². The Kier molecular flexibility index (Phi) is 11.5. The number of ether oxygens (including phenoxy) is 6. The first-order valence-electron chi connectivity index (χ1n) is 16.1. The van der Waals surface area contributed by atoms with Gasteiger partial charge in [0.25, 0.3) is 0 Å². The molecule has 0 aliphatic carbocycles. The van der Waals surface area contributed by atoms with Crippen LogP contribution < -0.4 is 9.47 Å². The van der Waals surface area contributed by atoms with Gasteiger partial charge < -0.3 is 28.4 Å². The van der Waals surface area contributed by atoms with Crippen LogP contribution in [0.1, 0.15) is 72.9 Å². The second kappa shape index (κ2) is 15.8. The van der Waals surface area contributed by atoms with E-state index < -0.39 is 29.1 Å². The van der Waals surface area contributed by atoms with Crippen molar-refractivity contribution in [3.05, 3.63) is 95.6 Å². The SMILES string of the molecule is CC1(C)CC2CC(C)(C)N1OC(c1ccccc1)COC(=O)c1ccccc1OCCOCCOCCOc1ccccc1C(=O)O2. The number of hydroxylamine groups is 2. The first-order valence-corrected chi connectivity index (χ1v) is 16.1. The minimum absolute atomic E-state index is 0.0296. The van der Waals surface area contributed by atoms with Gasteiger partial charge >= 0.3 is 11.9 Å². The number of para-hydroxylation sites is 2. The van der Waals surface area contributed by atoms with E-state index in [0.29, 0.717) is 61.9 Å². The molecule has 1 atom stereocenters. The van der Waals surface area contributed by atoms with Gasteiger partial charge in [0.2, 0.25) is 0 Å². The molecule has 0 aromatic heterocycles. The van der Waals surface area contributed by atoms with Gasteiger partial charge in [-0.2, -0.15) is 5.06 Å². The molecule has 0 saturated carbocycles. The molecule has 3 aromatic rings. The van der Waals surface area contributed by atoms with Crippen LogP contribution in [0.3, 0.4) is 0 Å². The highest BCUT2D eigenvalue weighted by Crippen LogP contribution is 2.42. The second-order valence-electron chi connectivity index (χ2n) is 12.9. The van der Waals surface area contributed by atoms with E-state index in [0.717, 1.165) is 5.56 Å². The largest absolute Gasteiger partial charge is 0.490 e. The molecule has 0 spiro atoms. The van der Waals surface area contributed by atoms with Crippen molar-refractivity contribution in [3.63, 3.8) is 0 Å². The van der Waals surface area contributed by atoms with Crippen molar-refractivity contribution < 1.29 is 42.8 Å². The number of rotatable bonds is 1. The molecule has 1 saturated heterocycles. The van der Waals surface area contributed by atoms with Crippen LogP contribution in [0.5, 0.6) is 11.5 Å². The number of piperidine rings is 1. The van der Waals surface area contributed by atoms with Crippen molar-refractivity contribution in [2.24, 2.45) is 0 Å². The van der Waals surface area contributed by atoms with Crippen LogP contribution in [0.25, 0.3) is 0 Å². The second-order valence-corrected chi connectivity index (χ2v) is 12.9. The molecular formula is C37H45NO9. The summed E-state index contributed by atoms with van der Waals surface area (Å²) in [6.07, 6.45) is 0.0722. The van der Waals surface area contributed by atoms with Crippen LogP contribution in [0.2, 0.25) is 0 Å². The van der Waals surface area contributed by atoms with E-state index in [-0.39, 0.29) is 25.9 Å². The number of carbonyl (C=O) groups is 2. The summed E-state index contributed by atoms with van der Waals surface area (Å²) in [5, 5.41) is 1.96. The summed E-state index contributed by atoms with van der Waals surface area (Å²) in [4.78, 5) is 33.6. The molecule has 0 amide bonds. The maximum Gasteiger partial charge on any atom is 0.342 e. The number of fused-ring (bicyclic) bond motifs is 16. The Labute approximate surface area is 276 Å². The molecule has 1 unspecified atom stereocenters. The molecule has 10 heteroatoms. The Balaban J connectivity index is 1.39. The lowest BCUT2D eigenvalue weighted by atomic mass is 9.80. The minimum Gasteiger partial charge on any atom is -0.490 e. The third-order valence-electron chi connectivity index (χ3n) is 8.15. The zero-order valence-electron chi connectivity index (χ0n) is 27.6. The zero-order valence-corrected chi connectivity index (χ0v) is 27.6. The van der Waals surface area contributed by atoms with Gasteiger partial charge in [-0.05, 0) is 57.5 Å². The van der Waals surface area contributed by atoms with Gasteiger partial charge in [0.05, 0.1) is 26.4 Å². The molecular weight excluding hydrogens is 602 g/mol. The number of benzene rings is 3. The molecule has 6 rings (SSSR count). The average molecular weight is 648 g/mol. The molecule has 0 N–H and O–H groups in total. The summed E-state index contributed by atoms with van der Waals surface area (Å²) in [6.45, 7) is 10.1. The normalized spacial score (nSPS) is 24.5. The number of carbonyl (C=O) groups excluding carboxylic acids is 2. The summed E-state index contributed by atoms with van der Waals surface area (Å²) in [6, 6.07) is 23.7. The van der Waals surface area contributed by atoms with E-state index in [1.807, 2.05) is 41.5 Å². The van der Waals surface area contributed by atoms with Gasteiger partial charge in [-0.25, -0.2) is 9.59 Å². The number of esters is 2. The van der Waals surface area contributed by atoms with Crippen LogP contribution in [0.4, 0.5) is 0 Å². The fourth-order valence-electron chi connectivity index (χ4n) is 6.23. The Morgan fingerprint density at radius 2 is 1.09 bits per heavy atom. The van der Waals surface area contributed by atoms with Gasteiger partial charge in [-0.1, -0.05) is 54.6 Å². The van der Waals surface area contributed by atoms with E-state index in [9.17, 15) is 9.59 Å². The lowest BCUT2D eigenvalue weighted by molar-refractivity contribution is -0.319. The fraction of sp³-hybridized carbons (Fsp3) is 0.459. The van der Waals surface area contributed by atoms with E-state index in [2.05, 4.69) is 27.7 Å². The lowest BCUT2D eigenvalue weighted by Crippen LogP contribution is -2.62. The van der Waals surface area contributed by atoms with Crippen LogP contribution >= 0.6 is 0 Å². The maximum atomic E-state index is 13.5. The summed E-state index contributed by atoms with van der Waals surface area (Å²) >= 11 is 0.